The highest BCUT2D eigenvalue weighted by Gasteiger charge is 2.24. The van der Waals surface area contributed by atoms with Gasteiger partial charge in [0.15, 0.2) is 0 Å². The van der Waals surface area contributed by atoms with Gasteiger partial charge in [0.05, 0.1) is 0 Å². The van der Waals surface area contributed by atoms with Crippen LogP contribution < -0.4 is 10.6 Å². The Morgan fingerprint density at radius 2 is 1.84 bits per heavy atom. The molecule has 0 aliphatic rings. The summed E-state index contributed by atoms with van der Waals surface area (Å²) in [7, 11) is 0. The minimum absolute atomic E-state index is 0.139. The summed E-state index contributed by atoms with van der Waals surface area (Å²) in [5.41, 5.74) is 1.31. The Balaban J connectivity index is 2.61. The van der Waals surface area contributed by atoms with E-state index in [0.717, 1.165) is 11.3 Å². The van der Waals surface area contributed by atoms with E-state index in [1.54, 1.807) is 6.92 Å². The molecule has 1 atom stereocenters. The van der Waals surface area contributed by atoms with Crippen LogP contribution in [0.2, 0.25) is 0 Å². The molecule has 0 aromatic heterocycles. The molecular formula is C15H22N2O2. The molecule has 19 heavy (non-hydrogen) atoms. The number of hydrogen-bond acceptors (Lipinski definition) is 2. The topological polar surface area (TPSA) is 58.2 Å². The van der Waals surface area contributed by atoms with Gasteiger partial charge in [0.2, 0.25) is 11.8 Å². The van der Waals surface area contributed by atoms with Gasteiger partial charge in [0.1, 0.15) is 6.04 Å². The summed E-state index contributed by atoms with van der Waals surface area (Å²) in [5, 5.41) is 5.49. The average Bonchev–Trinajstić information content (AvgIpc) is 2.27. The molecular weight excluding hydrogens is 240 g/mol. The number of hydrogen-bond donors (Lipinski definition) is 2. The Bertz CT molecular complexity index is 475. The number of amides is 2. The van der Waals surface area contributed by atoms with Gasteiger partial charge in [0.25, 0.3) is 0 Å². The van der Waals surface area contributed by atoms with Gasteiger partial charge < -0.3 is 10.6 Å². The summed E-state index contributed by atoms with van der Waals surface area (Å²) in [6.07, 6.45) is 0. The maximum atomic E-state index is 12.0. The van der Waals surface area contributed by atoms with Crippen molar-refractivity contribution in [2.24, 2.45) is 5.41 Å². The third-order valence-electron chi connectivity index (χ3n) is 2.71. The SMILES string of the molecule is Cc1cccc(NC(=O)[C@H](C)NC(=O)C(C)(C)C)c1. The van der Waals surface area contributed by atoms with Crippen molar-refractivity contribution >= 4 is 17.5 Å². The standard InChI is InChI=1S/C15H22N2O2/c1-10-7-6-8-12(9-10)17-13(18)11(2)16-14(19)15(3,4)5/h6-9,11H,1-5H3,(H,16,19)(H,17,18)/t11-/m0/s1. The highest BCUT2D eigenvalue weighted by atomic mass is 16.2. The van der Waals surface area contributed by atoms with Crippen molar-refractivity contribution in [1.82, 2.24) is 5.32 Å². The fraction of sp³-hybridized carbons (Fsp3) is 0.467. The molecule has 0 fully saturated rings. The molecule has 1 aromatic rings. The number of carbonyl (C=O) groups is 2. The molecule has 4 nitrogen and oxygen atoms in total. The van der Waals surface area contributed by atoms with Crippen LogP contribution in [0.5, 0.6) is 0 Å². The zero-order valence-corrected chi connectivity index (χ0v) is 12.2. The monoisotopic (exact) mass is 262 g/mol. The van der Waals surface area contributed by atoms with E-state index in [1.165, 1.54) is 0 Å². The maximum Gasteiger partial charge on any atom is 0.246 e. The van der Waals surface area contributed by atoms with E-state index >= 15 is 0 Å². The molecule has 0 saturated heterocycles. The van der Waals surface area contributed by atoms with Gasteiger partial charge in [-0.1, -0.05) is 32.9 Å². The highest BCUT2D eigenvalue weighted by Crippen LogP contribution is 2.13. The molecule has 0 aliphatic carbocycles. The number of benzene rings is 1. The van der Waals surface area contributed by atoms with E-state index in [0.29, 0.717) is 0 Å². The van der Waals surface area contributed by atoms with Crippen molar-refractivity contribution in [2.45, 2.75) is 40.7 Å². The lowest BCUT2D eigenvalue weighted by molar-refractivity contribution is -0.131. The quantitative estimate of drug-likeness (QED) is 0.879. The van der Waals surface area contributed by atoms with E-state index in [4.69, 9.17) is 0 Å². The van der Waals surface area contributed by atoms with Crippen molar-refractivity contribution in [3.63, 3.8) is 0 Å². The molecule has 0 aliphatic heterocycles. The van der Waals surface area contributed by atoms with Crippen LogP contribution >= 0.6 is 0 Å². The van der Waals surface area contributed by atoms with E-state index in [1.807, 2.05) is 52.0 Å². The molecule has 0 bridgehead atoms. The zero-order chi connectivity index (χ0) is 14.6. The first-order valence-corrected chi connectivity index (χ1v) is 6.38. The fourth-order valence-electron chi connectivity index (χ4n) is 1.45. The summed E-state index contributed by atoms with van der Waals surface area (Å²) in [5.74, 6) is -0.359. The van der Waals surface area contributed by atoms with Crippen molar-refractivity contribution in [1.29, 1.82) is 0 Å². The van der Waals surface area contributed by atoms with Gasteiger partial charge in [-0.15, -0.1) is 0 Å². The van der Waals surface area contributed by atoms with Crippen LogP contribution in [0.3, 0.4) is 0 Å². The summed E-state index contributed by atoms with van der Waals surface area (Å²) < 4.78 is 0. The molecule has 2 N–H and O–H groups in total. The molecule has 2 amide bonds. The van der Waals surface area contributed by atoms with Gasteiger partial charge in [-0.2, -0.15) is 0 Å². The second-order valence-electron chi connectivity index (χ2n) is 5.80. The number of aryl methyl sites for hydroxylation is 1. The predicted octanol–water partition coefficient (Wildman–Crippen LogP) is 2.48. The minimum atomic E-state index is -0.563. The molecule has 104 valence electrons. The molecule has 1 aromatic carbocycles. The van der Waals surface area contributed by atoms with E-state index in [9.17, 15) is 9.59 Å². The van der Waals surface area contributed by atoms with Crippen molar-refractivity contribution < 1.29 is 9.59 Å². The molecule has 0 radical (unpaired) electrons. The van der Waals surface area contributed by atoms with E-state index < -0.39 is 11.5 Å². The summed E-state index contributed by atoms with van der Waals surface area (Å²) in [4.78, 5) is 23.8. The number of rotatable bonds is 3. The molecule has 0 heterocycles. The molecule has 0 saturated carbocycles. The first kappa shape index (κ1) is 15.2. The molecule has 1 rings (SSSR count). The number of carbonyl (C=O) groups excluding carboxylic acids is 2. The third-order valence-corrected chi connectivity index (χ3v) is 2.71. The van der Waals surface area contributed by atoms with Gasteiger partial charge in [0, 0.05) is 11.1 Å². The summed E-state index contributed by atoms with van der Waals surface area (Å²) in [6.45, 7) is 9.07. The second-order valence-corrected chi connectivity index (χ2v) is 5.80. The lowest BCUT2D eigenvalue weighted by atomic mass is 9.95. The van der Waals surface area contributed by atoms with Crippen LogP contribution in [0.1, 0.15) is 33.3 Å². The normalized spacial score (nSPS) is 12.7. The maximum absolute atomic E-state index is 12.0. The molecule has 4 heteroatoms. The number of nitrogens with one attached hydrogen (secondary N) is 2. The van der Waals surface area contributed by atoms with Gasteiger partial charge >= 0.3 is 0 Å². The first-order chi connectivity index (χ1) is 8.70. The fourth-order valence-corrected chi connectivity index (χ4v) is 1.45. The van der Waals surface area contributed by atoms with Gasteiger partial charge in [-0.05, 0) is 31.5 Å². The average molecular weight is 262 g/mol. The Morgan fingerprint density at radius 3 is 2.37 bits per heavy atom. The van der Waals surface area contributed by atoms with Crippen molar-refractivity contribution in [2.75, 3.05) is 5.32 Å². The Morgan fingerprint density at radius 1 is 1.21 bits per heavy atom. The summed E-state index contributed by atoms with van der Waals surface area (Å²) >= 11 is 0. The summed E-state index contributed by atoms with van der Waals surface area (Å²) in [6, 6.07) is 6.98. The first-order valence-electron chi connectivity index (χ1n) is 6.38. The lowest BCUT2D eigenvalue weighted by Crippen LogP contribution is -2.46. The van der Waals surface area contributed by atoms with Crippen molar-refractivity contribution in [3.8, 4) is 0 Å². The van der Waals surface area contributed by atoms with Gasteiger partial charge in [-0.3, -0.25) is 9.59 Å². The van der Waals surface area contributed by atoms with Crippen LogP contribution in [-0.4, -0.2) is 17.9 Å². The predicted molar refractivity (Wildman–Crippen MR) is 76.9 cm³/mol. The molecule has 0 spiro atoms. The Labute approximate surface area is 114 Å². The van der Waals surface area contributed by atoms with E-state index in [2.05, 4.69) is 10.6 Å². The highest BCUT2D eigenvalue weighted by molar-refractivity contribution is 5.97. The third kappa shape index (κ3) is 4.73. The largest absolute Gasteiger partial charge is 0.344 e. The minimum Gasteiger partial charge on any atom is -0.344 e. The van der Waals surface area contributed by atoms with E-state index in [-0.39, 0.29) is 11.8 Å². The molecule has 0 unspecified atom stereocenters. The van der Waals surface area contributed by atoms with Crippen LogP contribution in [0.15, 0.2) is 24.3 Å². The zero-order valence-electron chi connectivity index (χ0n) is 12.2. The van der Waals surface area contributed by atoms with Crippen LogP contribution in [-0.2, 0) is 9.59 Å². The smallest absolute Gasteiger partial charge is 0.246 e. The van der Waals surface area contributed by atoms with Crippen LogP contribution in [0.4, 0.5) is 5.69 Å². The Hall–Kier alpha value is -1.84. The second kappa shape index (κ2) is 5.87. The Kier molecular flexibility index (Phi) is 4.70. The van der Waals surface area contributed by atoms with Crippen LogP contribution in [0, 0.1) is 12.3 Å². The van der Waals surface area contributed by atoms with Gasteiger partial charge in [-0.25, -0.2) is 0 Å². The lowest BCUT2D eigenvalue weighted by Gasteiger charge is -2.21. The van der Waals surface area contributed by atoms with Crippen molar-refractivity contribution in [3.05, 3.63) is 29.8 Å². The van der Waals surface area contributed by atoms with Crippen LogP contribution in [0.25, 0.3) is 0 Å². The number of anilines is 1.